The Bertz CT molecular complexity index is 474. The largest absolute Gasteiger partial charge is 0.378 e. The van der Waals surface area contributed by atoms with Crippen LogP contribution in [0.1, 0.15) is 0 Å². The zero-order valence-corrected chi connectivity index (χ0v) is 9.62. The van der Waals surface area contributed by atoms with Gasteiger partial charge in [-0.05, 0) is 18.2 Å². The minimum absolute atomic E-state index is 0.818. The van der Waals surface area contributed by atoms with Gasteiger partial charge in [0.05, 0.1) is 30.8 Å². The van der Waals surface area contributed by atoms with E-state index in [0.717, 1.165) is 32.0 Å². The van der Waals surface area contributed by atoms with Gasteiger partial charge >= 0.3 is 0 Å². The third kappa shape index (κ3) is 2.17. The van der Waals surface area contributed by atoms with Crippen LogP contribution in [0.3, 0.4) is 0 Å². The lowest BCUT2D eigenvalue weighted by atomic mass is 10.4. The van der Waals surface area contributed by atoms with E-state index in [-0.39, 0.29) is 0 Å². The molecule has 0 amide bonds. The summed E-state index contributed by atoms with van der Waals surface area (Å²) in [5.74, 6) is 0. The molecule has 3 rings (SSSR count). The quantitative estimate of drug-likeness (QED) is 0.785. The molecule has 0 aromatic carbocycles. The predicted octanol–water partition coefficient (Wildman–Crippen LogP) is 1.71. The van der Waals surface area contributed by atoms with E-state index in [1.807, 2.05) is 12.3 Å². The molecule has 1 fully saturated rings. The fraction of sp³-hybridized carbons (Fsp3) is 0.308. The van der Waals surface area contributed by atoms with Crippen LogP contribution in [0.2, 0.25) is 0 Å². The predicted molar refractivity (Wildman–Crippen MR) is 66.6 cm³/mol. The number of anilines is 1. The summed E-state index contributed by atoms with van der Waals surface area (Å²) in [6.45, 7) is 3.57. The van der Waals surface area contributed by atoms with E-state index in [0.29, 0.717) is 0 Å². The van der Waals surface area contributed by atoms with Gasteiger partial charge in [0.15, 0.2) is 0 Å². The normalized spacial score (nSPS) is 16.1. The molecular weight excluding hydrogens is 214 g/mol. The van der Waals surface area contributed by atoms with E-state index in [2.05, 4.69) is 39.0 Å². The highest BCUT2D eigenvalue weighted by molar-refractivity contribution is 5.48. The summed E-state index contributed by atoms with van der Waals surface area (Å²) in [5, 5.41) is 0. The second kappa shape index (κ2) is 4.59. The van der Waals surface area contributed by atoms with E-state index in [1.54, 1.807) is 6.20 Å². The number of nitrogens with zero attached hydrogens (tertiary/aromatic N) is 3. The summed E-state index contributed by atoms with van der Waals surface area (Å²) >= 11 is 0. The van der Waals surface area contributed by atoms with Crippen molar-refractivity contribution in [3.63, 3.8) is 0 Å². The maximum Gasteiger partial charge on any atom is 0.0642 e. The van der Waals surface area contributed by atoms with Crippen LogP contribution in [0.25, 0.3) is 5.69 Å². The third-order valence-electron chi connectivity index (χ3n) is 3.00. The molecule has 0 radical (unpaired) electrons. The molecule has 0 unspecified atom stereocenters. The average Bonchev–Trinajstić information content (AvgIpc) is 2.90. The van der Waals surface area contributed by atoms with Gasteiger partial charge in [-0.1, -0.05) is 0 Å². The van der Waals surface area contributed by atoms with E-state index < -0.39 is 0 Å². The van der Waals surface area contributed by atoms with Crippen molar-refractivity contribution in [1.82, 2.24) is 9.55 Å². The monoisotopic (exact) mass is 229 g/mol. The van der Waals surface area contributed by atoms with Gasteiger partial charge in [0.1, 0.15) is 0 Å². The number of ether oxygens (including phenoxy) is 1. The average molecular weight is 229 g/mol. The molecule has 0 aliphatic carbocycles. The van der Waals surface area contributed by atoms with E-state index in [9.17, 15) is 0 Å². The third-order valence-corrected chi connectivity index (χ3v) is 3.00. The Balaban J connectivity index is 1.83. The summed E-state index contributed by atoms with van der Waals surface area (Å²) in [6, 6.07) is 6.14. The summed E-state index contributed by atoms with van der Waals surface area (Å²) < 4.78 is 7.45. The second-order valence-electron chi connectivity index (χ2n) is 4.09. The van der Waals surface area contributed by atoms with Crippen molar-refractivity contribution in [2.24, 2.45) is 0 Å². The standard InChI is InChI=1S/C13H15N3O/c1-2-12(10-14-4-1)16-5-3-13(11-16)15-6-8-17-9-7-15/h1-5,10-11H,6-9H2. The molecule has 0 N–H and O–H groups in total. The summed E-state index contributed by atoms with van der Waals surface area (Å²) in [4.78, 5) is 6.47. The Labute approximate surface area is 100 Å². The van der Waals surface area contributed by atoms with Crippen LogP contribution in [0.4, 0.5) is 5.69 Å². The Kier molecular flexibility index (Phi) is 2.80. The number of aromatic nitrogens is 2. The zero-order chi connectivity index (χ0) is 11.5. The summed E-state index contributed by atoms with van der Waals surface area (Å²) in [7, 11) is 0. The molecule has 0 saturated carbocycles. The van der Waals surface area contributed by atoms with Gasteiger partial charge in [-0.3, -0.25) is 4.98 Å². The molecule has 4 nitrogen and oxygen atoms in total. The van der Waals surface area contributed by atoms with Crippen molar-refractivity contribution in [3.8, 4) is 5.69 Å². The van der Waals surface area contributed by atoms with Crippen molar-refractivity contribution in [2.45, 2.75) is 0 Å². The molecular formula is C13H15N3O. The fourth-order valence-corrected chi connectivity index (χ4v) is 2.06. The minimum atomic E-state index is 0.818. The minimum Gasteiger partial charge on any atom is -0.378 e. The number of morpholine rings is 1. The second-order valence-corrected chi connectivity index (χ2v) is 4.09. The van der Waals surface area contributed by atoms with Gasteiger partial charge in [0.2, 0.25) is 0 Å². The highest BCUT2D eigenvalue weighted by Gasteiger charge is 2.12. The first-order valence-corrected chi connectivity index (χ1v) is 5.84. The van der Waals surface area contributed by atoms with Gasteiger partial charge < -0.3 is 14.2 Å². The molecule has 1 saturated heterocycles. The molecule has 2 aromatic heterocycles. The first-order valence-electron chi connectivity index (χ1n) is 5.84. The van der Waals surface area contributed by atoms with Gasteiger partial charge in [-0.25, -0.2) is 0 Å². The number of rotatable bonds is 2. The lowest BCUT2D eigenvalue weighted by Crippen LogP contribution is -2.35. The first kappa shape index (κ1) is 10.4. The SMILES string of the molecule is c1cncc(-n2ccc(N3CCOCC3)c2)c1. The molecule has 3 heterocycles. The Morgan fingerprint density at radius 3 is 2.76 bits per heavy atom. The van der Waals surface area contributed by atoms with Crippen molar-refractivity contribution >= 4 is 5.69 Å². The number of pyridine rings is 1. The molecule has 88 valence electrons. The van der Waals surface area contributed by atoms with Crippen LogP contribution < -0.4 is 4.90 Å². The van der Waals surface area contributed by atoms with Gasteiger partial charge in [-0.15, -0.1) is 0 Å². The Morgan fingerprint density at radius 2 is 2.00 bits per heavy atom. The molecule has 4 heteroatoms. The molecule has 1 aliphatic heterocycles. The smallest absolute Gasteiger partial charge is 0.0642 e. The van der Waals surface area contributed by atoms with Crippen molar-refractivity contribution in [1.29, 1.82) is 0 Å². The van der Waals surface area contributed by atoms with Crippen molar-refractivity contribution < 1.29 is 4.74 Å². The van der Waals surface area contributed by atoms with Crippen LogP contribution in [0.5, 0.6) is 0 Å². The maximum absolute atomic E-state index is 5.35. The maximum atomic E-state index is 5.35. The van der Waals surface area contributed by atoms with Gasteiger partial charge in [0, 0.05) is 31.7 Å². The number of hydrogen-bond acceptors (Lipinski definition) is 3. The van der Waals surface area contributed by atoms with Crippen LogP contribution in [-0.2, 0) is 4.74 Å². The Hall–Kier alpha value is -1.81. The highest BCUT2D eigenvalue weighted by Crippen LogP contribution is 2.18. The van der Waals surface area contributed by atoms with E-state index in [1.165, 1.54) is 5.69 Å². The van der Waals surface area contributed by atoms with E-state index in [4.69, 9.17) is 4.74 Å². The van der Waals surface area contributed by atoms with Gasteiger partial charge in [0.25, 0.3) is 0 Å². The van der Waals surface area contributed by atoms with E-state index >= 15 is 0 Å². The molecule has 0 atom stereocenters. The van der Waals surface area contributed by atoms with Crippen LogP contribution >= 0.6 is 0 Å². The topological polar surface area (TPSA) is 30.3 Å². The van der Waals surface area contributed by atoms with Gasteiger partial charge in [-0.2, -0.15) is 0 Å². The molecule has 0 spiro atoms. The van der Waals surface area contributed by atoms with Crippen LogP contribution in [0.15, 0.2) is 43.0 Å². The summed E-state index contributed by atoms with van der Waals surface area (Å²) in [5.41, 5.74) is 2.34. The molecule has 1 aliphatic rings. The first-order chi connectivity index (χ1) is 8.43. The van der Waals surface area contributed by atoms with Crippen LogP contribution in [-0.4, -0.2) is 35.9 Å². The van der Waals surface area contributed by atoms with Crippen molar-refractivity contribution in [2.75, 3.05) is 31.2 Å². The molecule has 2 aromatic rings. The Morgan fingerprint density at radius 1 is 1.12 bits per heavy atom. The molecule has 17 heavy (non-hydrogen) atoms. The number of hydrogen-bond donors (Lipinski definition) is 0. The highest BCUT2D eigenvalue weighted by atomic mass is 16.5. The van der Waals surface area contributed by atoms with Crippen molar-refractivity contribution in [3.05, 3.63) is 43.0 Å². The zero-order valence-electron chi connectivity index (χ0n) is 9.62. The lowest BCUT2D eigenvalue weighted by Gasteiger charge is -2.27. The fourth-order valence-electron chi connectivity index (χ4n) is 2.06. The lowest BCUT2D eigenvalue weighted by molar-refractivity contribution is 0.122. The summed E-state index contributed by atoms with van der Waals surface area (Å²) in [6.07, 6.45) is 7.86. The molecule has 0 bridgehead atoms. The van der Waals surface area contributed by atoms with Crippen LogP contribution in [0, 0.1) is 0 Å².